The van der Waals surface area contributed by atoms with Gasteiger partial charge in [-0.15, -0.1) is 0 Å². The molecule has 0 amide bonds. The molecule has 1 heterocycles. The van der Waals surface area contributed by atoms with Crippen molar-refractivity contribution in [1.82, 2.24) is 9.78 Å². The fourth-order valence-electron chi connectivity index (χ4n) is 1.68. The van der Waals surface area contributed by atoms with Crippen LogP contribution in [0.15, 0.2) is 29.1 Å². The van der Waals surface area contributed by atoms with E-state index >= 15 is 0 Å². The Morgan fingerprint density at radius 2 is 1.94 bits per heavy atom. The first-order valence-electron chi connectivity index (χ1n) is 5.20. The van der Waals surface area contributed by atoms with Crippen LogP contribution in [0, 0.1) is 6.92 Å². The third-order valence-electron chi connectivity index (χ3n) is 2.66. The Hall–Kier alpha value is -1.48. The third kappa shape index (κ3) is 1.78. The van der Waals surface area contributed by atoms with Gasteiger partial charge < -0.3 is 0 Å². The molecule has 1 aromatic carbocycles. The van der Waals surface area contributed by atoms with Gasteiger partial charge >= 0.3 is 0 Å². The van der Waals surface area contributed by atoms with Crippen molar-refractivity contribution in [1.29, 1.82) is 0 Å². The third-order valence-corrected chi connectivity index (χ3v) is 2.91. The van der Waals surface area contributed by atoms with Crippen molar-refractivity contribution in [3.63, 3.8) is 0 Å². The zero-order valence-electron chi connectivity index (χ0n) is 9.25. The monoisotopic (exact) mass is 236 g/mol. The highest BCUT2D eigenvalue weighted by atomic mass is 35.5. The summed E-state index contributed by atoms with van der Waals surface area (Å²) >= 11 is 5.81. The standard InChI is InChI=1S/C12H13ClN2O/c1-3-11-8(2)12(16)15(14-11)10-6-4-9(13)5-7-10/h4-7,14H,3H2,1-2H3. The number of hydrogen-bond donors (Lipinski definition) is 1. The van der Waals surface area contributed by atoms with Gasteiger partial charge in [0.05, 0.1) is 5.69 Å². The number of hydrogen-bond acceptors (Lipinski definition) is 1. The second-order valence-electron chi connectivity index (χ2n) is 3.69. The van der Waals surface area contributed by atoms with Gasteiger partial charge in [-0.05, 0) is 37.6 Å². The molecule has 4 heteroatoms. The van der Waals surface area contributed by atoms with E-state index in [1.54, 1.807) is 16.8 Å². The van der Waals surface area contributed by atoms with E-state index in [1.165, 1.54) is 0 Å². The van der Waals surface area contributed by atoms with Crippen LogP contribution in [0.5, 0.6) is 0 Å². The van der Waals surface area contributed by atoms with Crippen molar-refractivity contribution < 1.29 is 0 Å². The average molecular weight is 237 g/mol. The summed E-state index contributed by atoms with van der Waals surface area (Å²) in [7, 11) is 0. The van der Waals surface area contributed by atoms with Crippen LogP contribution >= 0.6 is 11.6 Å². The molecule has 1 aromatic heterocycles. The van der Waals surface area contributed by atoms with E-state index in [4.69, 9.17) is 11.6 Å². The SMILES string of the molecule is CCc1[nH]n(-c2ccc(Cl)cc2)c(=O)c1C. The first-order valence-corrected chi connectivity index (χ1v) is 5.57. The van der Waals surface area contributed by atoms with Crippen LogP contribution in [0.25, 0.3) is 5.69 Å². The summed E-state index contributed by atoms with van der Waals surface area (Å²) in [5, 5.41) is 3.76. The number of aromatic amines is 1. The lowest BCUT2D eigenvalue weighted by Crippen LogP contribution is -2.15. The molecule has 0 saturated heterocycles. The van der Waals surface area contributed by atoms with E-state index in [-0.39, 0.29) is 5.56 Å². The quantitative estimate of drug-likeness (QED) is 0.856. The summed E-state index contributed by atoms with van der Waals surface area (Å²) < 4.78 is 1.55. The van der Waals surface area contributed by atoms with E-state index in [9.17, 15) is 4.79 Å². The Balaban J connectivity index is 2.56. The molecule has 0 spiro atoms. The Bertz CT molecular complexity index is 551. The molecule has 0 atom stereocenters. The number of aryl methyl sites for hydroxylation is 1. The maximum atomic E-state index is 11.9. The van der Waals surface area contributed by atoms with E-state index in [1.807, 2.05) is 26.0 Å². The predicted octanol–water partition coefficient (Wildman–Crippen LogP) is 2.69. The molecular weight excluding hydrogens is 224 g/mol. The molecule has 1 N–H and O–H groups in total. The van der Waals surface area contributed by atoms with Crippen LogP contribution in [-0.2, 0) is 6.42 Å². The summed E-state index contributed by atoms with van der Waals surface area (Å²) in [4.78, 5) is 11.9. The molecule has 2 rings (SSSR count). The van der Waals surface area contributed by atoms with Gasteiger partial charge in [0.1, 0.15) is 0 Å². The highest BCUT2D eigenvalue weighted by Crippen LogP contribution is 2.12. The summed E-state index contributed by atoms with van der Waals surface area (Å²) in [6.45, 7) is 3.86. The zero-order valence-corrected chi connectivity index (χ0v) is 10.0. The lowest BCUT2D eigenvalue weighted by atomic mass is 10.2. The van der Waals surface area contributed by atoms with Gasteiger partial charge in [0, 0.05) is 16.3 Å². The summed E-state index contributed by atoms with van der Waals surface area (Å²) in [5.41, 5.74) is 2.55. The van der Waals surface area contributed by atoms with Gasteiger partial charge in [0.25, 0.3) is 5.56 Å². The molecule has 0 saturated carbocycles. The first-order chi connectivity index (χ1) is 7.63. The molecule has 16 heavy (non-hydrogen) atoms. The Morgan fingerprint density at radius 1 is 1.31 bits per heavy atom. The van der Waals surface area contributed by atoms with Crippen LogP contribution < -0.4 is 5.56 Å². The van der Waals surface area contributed by atoms with E-state index in [0.29, 0.717) is 5.02 Å². The Morgan fingerprint density at radius 3 is 2.44 bits per heavy atom. The van der Waals surface area contributed by atoms with Crippen LogP contribution in [0.3, 0.4) is 0 Å². The number of nitrogens with one attached hydrogen (secondary N) is 1. The molecule has 0 radical (unpaired) electrons. The van der Waals surface area contributed by atoms with Gasteiger partial charge in [-0.2, -0.15) is 0 Å². The lowest BCUT2D eigenvalue weighted by Gasteiger charge is -2.01. The van der Waals surface area contributed by atoms with Gasteiger partial charge in [-0.25, -0.2) is 4.68 Å². The van der Waals surface area contributed by atoms with E-state index in [2.05, 4.69) is 5.10 Å². The molecule has 0 unspecified atom stereocenters. The molecular formula is C12H13ClN2O. The average Bonchev–Trinajstić information content (AvgIpc) is 2.57. The minimum Gasteiger partial charge on any atom is -0.295 e. The Labute approximate surface area is 98.7 Å². The molecule has 0 aliphatic rings. The molecule has 84 valence electrons. The minimum absolute atomic E-state index is 0.000766. The van der Waals surface area contributed by atoms with Crippen LogP contribution in [0.4, 0.5) is 0 Å². The fourth-order valence-corrected chi connectivity index (χ4v) is 1.81. The van der Waals surface area contributed by atoms with Crippen molar-refractivity contribution in [3.8, 4) is 5.69 Å². The highest BCUT2D eigenvalue weighted by molar-refractivity contribution is 6.30. The van der Waals surface area contributed by atoms with Crippen molar-refractivity contribution >= 4 is 11.6 Å². The smallest absolute Gasteiger partial charge is 0.274 e. The maximum Gasteiger partial charge on any atom is 0.274 e. The summed E-state index contributed by atoms with van der Waals surface area (Å²) in [5.74, 6) is 0. The van der Waals surface area contributed by atoms with Gasteiger partial charge in [0.2, 0.25) is 0 Å². The molecule has 0 aliphatic heterocycles. The minimum atomic E-state index is -0.000766. The molecule has 0 fully saturated rings. The zero-order chi connectivity index (χ0) is 11.7. The van der Waals surface area contributed by atoms with Gasteiger partial charge in [-0.1, -0.05) is 18.5 Å². The number of rotatable bonds is 2. The van der Waals surface area contributed by atoms with E-state index < -0.39 is 0 Å². The molecule has 0 bridgehead atoms. The molecule has 0 aliphatic carbocycles. The van der Waals surface area contributed by atoms with Gasteiger partial charge in [-0.3, -0.25) is 9.89 Å². The number of nitrogens with zero attached hydrogens (tertiary/aromatic N) is 1. The van der Waals surface area contributed by atoms with Crippen LogP contribution in [0.1, 0.15) is 18.2 Å². The molecule has 3 nitrogen and oxygen atoms in total. The largest absolute Gasteiger partial charge is 0.295 e. The van der Waals surface area contributed by atoms with Crippen molar-refractivity contribution in [2.24, 2.45) is 0 Å². The first kappa shape index (κ1) is 11.0. The topological polar surface area (TPSA) is 37.8 Å². The van der Waals surface area contributed by atoms with Crippen molar-refractivity contribution in [2.45, 2.75) is 20.3 Å². The second-order valence-corrected chi connectivity index (χ2v) is 4.12. The fraction of sp³-hybridized carbons (Fsp3) is 0.250. The highest BCUT2D eigenvalue weighted by Gasteiger charge is 2.09. The molecule has 2 aromatic rings. The van der Waals surface area contributed by atoms with Crippen LogP contribution in [0.2, 0.25) is 5.02 Å². The Kier molecular flexibility index (Phi) is 2.88. The van der Waals surface area contributed by atoms with Crippen LogP contribution in [-0.4, -0.2) is 9.78 Å². The lowest BCUT2D eigenvalue weighted by molar-refractivity contribution is 0.819. The van der Waals surface area contributed by atoms with Crippen molar-refractivity contribution in [2.75, 3.05) is 0 Å². The summed E-state index contributed by atoms with van der Waals surface area (Å²) in [6.07, 6.45) is 0.821. The van der Waals surface area contributed by atoms with E-state index in [0.717, 1.165) is 23.4 Å². The van der Waals surface area contributed by atoms with Gasteiger partial charge in [0.15, 0.2) is 0 Å². The normalized spacial score (nSPS) is 10.7. The number of benzene rings is 1. The second kappa shape index (κ2) is 4.18. The predicted molar refractivity (Wildman–Crippen MR) is 65.5 cm³/mol. The number of H-pyrrole nitrogens is 1. The summed E-state index contributed by atoms with van der Waals surface area (Å²) in [6, 6.07) is 7.18. The number of halogens is 1. The van der Waals surface area contributed by atoms with Crippen molar-refractivity contribution in [3.05, 3.63) is 50.9 Å². The number of aromatic nitrogens is 2. The maximum absolute atomic E-state index is 11.9.